The second kappa shape index (κ2) is 7.61. The maximum Gasteiger partial charge on any atom is 0.243 e. The van der Waals surface area contributed by atoms with Crippen LogP contribution in [-0.2, 0) is 19.6 Å². The number of ether oxygens (including phenoxy) is 1. The zero-order valence-corrected chi connectivity index (χ0v) is 18.1. The highest BCUT2D eigenvalue weighted by atomic mass is 32.2. The summed E-state index contributed by atoms with van der Waals surface area (Å²) in [4.78, 5) is 13.1. The smallest absolute Gasteiger partial charge is 0.243 e. The van der Waals surface area contributed by atoms with E-state index in [1.54, 1.807) is 18.2 Å². The Balaban J connectivity index is 1.81. The third-order valence-electron chi connectivity index (χ3n) is 5.78. The molecular weight excluding hydrogens is 376 g/mol. The zero-order valence-electron chi connectivity index (χ0n) is 17.3. The summed E-state index contributed by atoms with van der Waals surface area (Å²) in [5, 5.41) is 2.97. The van der Waals surface area contributed by atoms with E-state index in [0.717, 1.165) is 5.56 Å². The maximum atomic E-state index is 12.9. The number of amides is 1. The second-order valence-corrected chi connectivity index (χ2v) is 10.5. The van der Waals surface area contributed by atoms with Gasteiger partial charge in [0.2, 0.25) is 15.9 Å². The summed E-state index contributed by atoms with van der Waals surface area (Å²) in [7, 11) is -3.60. The molecule has 2 aliphatic rings. The predicted octanol–water partition coefficient (Wildman–Crippen LogP) is 3.19. The lowest BCUT2D eigenvalue weighted by Gasteiger charge is -2.26. The average Bonchev–Trinajstić information content (AvgIpc) is 3.16. The minimum Gasteiger partial charge on any atom is -0.379 e. The number of sulfonamides is 1. The molecule has 154 valence electrons. The van der Waals surface area contributed by atoms with Gasteiger partial charge in [0.15, 0.2) is 0 Å². The van der Waals surface area contributed by atoms with Gasteiger partial charge in [-0.05, 0) is 49.8 Å². The lowest BCUT2D eigenvalue weighted by Crippen LogP contribution is -2.40. The molecule has 1 aliphatic carbocycles. The van der Waals surface area contributed by atoms with Crippen molar-refractivity contribution in [3.8, 4) is 0 Å². The van der Waals surface area contributed by atoms with E-state index in [-0.39, 0.29) is 28.1 Å². The summed E-state index contributed by atoms with van der Waals surface area (Å²) >= 11 is 0. The molecule has 1 saturated carbocycles. The molecule has 1 saturated heterocycles. The van der Waals surface area contributed by atoms with Crippen LogP contribution in [0.5, 0.6) is 0 Å². The first kappa shape index (κ1) is 21.0. The van der Waals surface area contributed by atoms with Crippen molar-refractivity contribution in [3.05, 3.63) is 35.4 Å². The molecule has 1 amide bonds. The number of allylic oxidation sites excluding steroid dienone is 2. The van der Waals surface area contributed by atoms with E-state index in [1.165, 1.54) is 9.88 Å². The Labute approximate surface area is 168 Å². The highest BCUT2D eigenvalue weighted by Gasteiger charge is 2.60. The number of carbonyl (C=O) groups excluding carboxylic acids is 1. The summed E-state index contributed by atoms with van der Waals surface area (Å²) < 4.78 is 32.5. The number of hydrogen-bond donors (Lipinski definition) is 1. The molecule has 28 heavy (non-hydrogen) atoms. The summed E-state index contributed by atoms with van der Waals surface area (Å²) in [6.07, 6.45) is 2.15. The number of hydrogen-bond acceptors (Lipinski definition) is 4. The molecular formula is C21H30N2O4S. The Morgan fingerprint density at radius 2 is 1.89 bits per heavy atom. The van der Waals surface area contributed by atoms with Crippen LogP contribution in [0.25, 0.3) is 0 Å². The van der Waals surface area contributed by atoms with Gasteiger partial charge in [-0.15, -0.1) is 0 Å². The van der Waals surface area contributed by atoms with Crippen molar-refractivity contribution >= 4 is 21.6 Å². The fourth-order valence-electron chi connectivity index (χ4n) is 3.89. The van der Waals surface area contributed by atoms with Gasteiger partial charge in [0, 0.05) is 18.8 Å². The van der Waals surface area contributed by atoms with Crippen molar-refractivity contribution in [1.82, 2.24) is 4.31 Å². The minimum absolute atomic E-state index is 0.0588. The van der Waals surface area contributed by atoms with E-state index in [0.29, 0.717) is 32.0 Å². The number of morpholine rings is 1. The van der Waals surface area contributed by atoms with Gasteiger partial charge in [0.1, 0.15) is 0 Å². The Morgan fingerprint density at radius 3 is 2.50 bits per heavy atom. The first-order chi connectivity index (χ1) is 13.0. The number of aryl methyl sites for hydroxylation is 1. The Kier molecular flexibility index (Phi) is 5.71. The number of carbonyl (C=O) groups is 1. The summed E-state index contributed by atoms with van der Waals surface area (Å²) in [6.45, 7) is 11.6. The summed E-state index contributed by atoms with van der Waals surface area (Å²) in [5.74, 6) is 0.0379. The first-order valence-corrected chi connectivity index (χ1v) is 11.1. The van der Waals surface area contributed by atoms with Gasteiger partial charge in [-0.2, -0.15) is 4.31 Å². The number of nitrogens with one attached hydrogen (secondary N) is 1. The van der Waals surface area contributed by atoms with Gasteiger partial charge >= 0.3 is 0 Å². The molecule has 2 unspecified atom stereocenters. The molecule has 0 aromatic heterocycles. The third kappa shape index (κ3) is 4.02. The van der Waals surface area contributed by atoms with E-state index >= 15 is 0 Å². The minimum atomic E-state index is -3.60. The quantitative estimate of drug-likeness (QED) is 0.762. The number of benzene rings is 1. The largest absolute Gasteiger partial charge is 0.379 e. The molecule has 7 heteroatoms. The van der Waals surface area contributed by atoms with Crippen LogP contribution in [0.3, 0.4) is 0 Å². The van der Waals surface area contributed by atoms with Gasteiger partial charge in [0.25, 0.3) is 0 Å². The monoisotopic (exact) mass is 406 g/mol. The lowest BCUT2D eigenvalue weighted by atomic mass is 10.1. The third-order valence-corrected chi connectivity index (χ3v) is 7.68. The summed E-state index contributed by atoms with van der Waals surface area (Å²) in [6, 6.07) is 4.92. The highest BCUT2D eigenvalue weighted by molar-refractivity contribution is 7.89. The van der Waals surface area contributed by atoms with Crippen LogP contribution < -0.4 is 5.32 Å². The van der Waals surface area contributed by atoms with Crippen LogP contribution in [0.1, 0.15) is 33.3 Å². The molecule has 1 aromatic carbocycles. The molecule has 0 bridgehead atoms. The molecule has 3 rings (SSSR count). The molecule has 1 heterocycles. The van der Waals surface area contributed by atoms with E-state index in [9.17, 15) is 13.2 Å². The fraction of sp³-hybridized carbons (Fsp3) is 0.571. The zero-order chi connectivity index (χ0) is 20.7. The standard InChI is InChI=1S/C21H30N2O4S/c1-14(2)12-17-19(21(17,4)5)20(24)22-18-13-16(7-6-15(18)3)28(25,26)23-8-10-27-11-9-23/h6-7,12-13,17,19H,8-11H2,1-5H3,(H,22,24). The number of anilines is 1. The van der Waals surface area contributed by atoms with Crippen molar-refractivity contribution in [2.24, 2.45) is 17.3 Å². The Bertz CT molecular complexity index is 895. The number of nitrogens with zero attached hydrogens (tertiary/aromatic N) is 1. The van der Waals surface area contributed by atoms with E-state index in [1.807, 2.05) is 20.8 Å². The van der Waals surface area contributed by atoms with Crippen LogP contribution in [0.15, 0.2) is 34.7 Å². The molecule has 2 fully saturated rings. The lowest BCUT2D eigenvalue weighted by molar-refractivity contribution is -0.118. The molecule has 2 atom stereocenters. The molecule has 1 N–H and O–H groups in total. The predicted molar refractivity (Wildman–Crippen MR) is 110 cm³/mol. The van der Waals surface area contributed by atoms with Gasteiger partial charge in [-0.1, -0.05) is 31.6 Å². The van der Waals surface area contributed by atoms with Crippen molar-refractivity contribution in [1.29, 1.82) is 0 Å². The Hall–Kier alpha value is -1.70. The van der Waals surface area contributed by atoms with Crippen LogP contribution in [0, 0.1) is 24.2 Å². The highest BCUT2D eigenvalue weighted by Crippen LogP contribution is 2.59. The van der Waals surface area contributed by atoms with E-state index < -0.39 is 10.0 Å². The van der Waals surface area contributed by atoms with Crippen LogP contribution in [0.2, 0.25) is 0 Å². The molecule has 1 aromatic rings. The van der Waals surface area contributed by atoms with Gasteiger partial charge in [-0.25, -0.2) is 8.42 Å². The van der Waals surface area contributed by atoms with Crippen molar-refractivity contribution in [2.75, 3.05) is 31.6 Å². The number of rotatable bonds is 5. The summed E-state index contributed by atoms with van der Waals surface area (Å²) in [5.41, 5.74) is 2.50. The van der Waals surface area contributed by atoms with Crippen LogP contribution >= 0.6 is 0 Å². The molecule has 1 aliphatic heterocycles. The fourth-order valence-corrected chi connectivity index (χ4v) is 5.33. The van der Waals surface area contributed by atoms with Crippen LogP contribution in [-0.4, -0.2) is 44.9 Å². The van der Waals surface area contributed by atoms with Gasteiger partial charge < -0.3 is 10.1 Å². The molecule has 0 spiro atoms. The average molecular weight is 407 g/mol. The van der Waals surface area contributed by atoms with Gasteiger partial charge in [0.05, 0.1) is 24.0 Å². The second-order valence-electron chi connectivity index (χ2n) is 8.55. The topological polar surface area (TPSA) is 75.7 Å². The Morgan fingerprint density at radius 1 is 1.25 bits per heavy atom. The van der Waals surface area contributed by atoms with E-state index in [2.05, 4.69) is 25.2 Å². The van der Waals surface area contributed by atoms with Crippen molar-refractivity contribution in [2.45, 2.75) is 39.5 Å². The first-order valence-electron chi connectivity index (χ1n) is 9.69. The maximum absolute atomic E-state index is 12.9. The molecule has 6 nitrogen and oxygen atoms in total. The van der Waals surface area contributed by atoms with Gasteiger partial charge in [-0.3, -0.25) is 4.79 Å². The van der Waals surface area contributed by atoms with Crippen molar-refractivity contribution < 1.29 is 17.9 Å². The van der Waals surface area contributed by atoms with Crippen molar-refractivity contribution in [3.63, 3.8) is 0 Å². The molecule has 0 radical (unpaired) electrons. The SMILES string of the molecule is CC(C)=CC1C(C(=O)Nc2cc(S(=O)(=O)N3CCOCC3)ccc2C)C1(C)C. The van der Waals surface area contributed by atoms with Crippen LogP contribution in [0.4, 0.5) is 5.69 Å². The van der Waals surface area contributed by atoms with E-state index in [4.69, 9.17) is 4.74 Å². The normalized spacial score (nSPS) is 24.5.